The Kier molecular flexibility index (Phi) is 4.74. The van der Waals surface area contributed by atoms with E-state index in [1.807, 2.05) is 20.9 Å². The number of carbonyl (C=O) groups is 1. The quantitative estimate of drug-likeness (QED) is 0.669. The van der Waals surface area contributed by atoms with Gasteiger partial charge in [-0.2, -0.15) is 0 Å². The minimum absolute atomic E-state index is 0.0712. The number of likely N-dealkylation sites (N-methyl/N-ethyl adjacent to an activating group) is 2. The summed E-state index contributed by atoms with van der Waals surface area (Å²) in [4.78, 5) is 14.2. The predicted molar refractivity (Wildman–Crippen MR) is 66.4 cm³/mol. The van der Waals surface area contributed by atoms with E-state index >= 15 is 0 Å². The van der Waals surface area contributed by atoms with Gasteiger partial charge in [0.1, 0.15) is 0 Å². The summed E-state index contributed by atoms with van der Waals surface area (Å²) in [5.74, 6) is 0.0712. The van der Waals surface area contributed by atoms with Crippen LogP contribution >= 0.6 is 0 Å². The van der Waals surface area contributed by atoms with E-state index in [0.717, 1.165) is 25.7 Å². The molecule has 0 saturated heterocycles. The summed E-state index contributed by atoms with van der Waals surface area (Å²) in [7, 11) is 1.81. The van der Waals surface area contributed by atoms with Crippen LogP contribution in [0.5, 0.6) is 0 Å². The highest BCUT2D eigenvalue weighted by atomic mass is 16.2. The van der Waals surface area contributed by atoms with Gasteiger partial charge in [-0.25, -0.2) is 0 Å². The van der Waals surface area contributed by atoms with E-state index in [-0.39, 0.29) is 5.91 Å². The minimum atomic E-state index is -0.476. The van der Waals surface area contributed by atoms with Gasteiger partial charge in [-0.1, -0.05) is 6.92 Å². The van der Waals surface area contributed by atoms with Crippen LogP contribution in [0.25, 0.3) is 0 Å². The van der Waals surface area contributed by atoms with E-state index in [4.69, 9.17) is 0 Å². The lowest BCUT2D eigenvalue weighted by molar-refractivity contribution is -0.126. The summed E-state index contributed by atoms with van der Waals surface area (Å²) < 4.78 is 0. The first kappa shape index (κ1) is 13.5. The van der Waals surface area contributed by atoms with E-state index < -0.39 is 5.54 Å². The lowest BCUT2D eigenvalue weighted by Crippen LogP contribution is -2.52. The molecule has 1 aliphatic carbocycles. The van der Waals surface area contributed by atoms with Gasteiger partial charge in [0.25, 0.3) is 0 Å². The van der Waals surface area contributed by atoms with E-state index in [1.54, 1.807) is 0 Å². The van der Waals surface area contributed by atoms with Gasteiger partial charge in [0, 0.05) is 19.1 Å². The van der Waals surface area contributed by atoms with Crippen LogP contribution in [-0.4, -0.2) is 49.1 Å². The van der Waals surface area contributed by atoms with Crippen LogP contribution in [0.15, 0.2) is 0 Å². The van der Waals surface area contributed by atoms with Crippen molar-refractivity contribution < 1.29 is 4.79 Å². The third kappa shape index (κ3) is 3.76. The fourth-order valence-corrected chi connectivity index (χ4v) is 1.69. The number of nitrogens with one attached hydrogen (secondary N) is 2. The van der Waals surface area contributed by atoms with Crippen molar-refractivity contribution in [2.24, 2.45) is 0 Å². The summed E-state index contributed by atoms with van der Waals surface area (Å²) in [5, 5.41) is 5.98. The molecular weight excluding hydrogens is 202 g/mol. The highest BCUT2D eigenvalue weighted by molar-refractivity contribution is 5.85. The maximum atomic E-state index is 11.8. The fourth-order valence-electron chi connectivity index (χ4n) is 1.69. The van der Waals surface area contributed by atoms with E-state index in [0.29, 0.717) is 0 Å². The molecule has 0 heterocycles. The Bertz CT molecular complexity index is 236. The van der Waals surface area contributed by atoms with Gasteiger partial charge in [-0.05, 0) is 40.3 Å². The third-order valence-corrected chi connectivity index (χ3v) is 3.35. The van der Waals surface area contributed by atoms with Crippen molar-refractivity contribution in [3.05, 3.63) is 0 Å². The highest BCUT2D eigenvalue weighted by Gasteiger charge is 2.28. The molecule has 1 aliphatic rings. The van der Waals surface area contributed by atoms with Crippen molar-refractivity contribution in [2.45, 2.75) is 45.2 Å². The first-order valence-corrected chi connectivity index (χ1v) is 6.22. The Morgan fingerprint density at radius 1 is 1.44 bits per heavy atom. The highest BCUT2D eigenvalue weighted by Crippen LogP contribution is 2.25. The average Bonchev–Trinajstić information content (AvgIpc) is 3.08. The van der Waals surface area contributed by atoms with Crippen molar-refractivity contribution in [3.63, 3.8) is 0 Å². The molecule has 0 atom stereocenters. The van der Waals surface area contributed by atoms with Crippen LogP contribution in [0.3, 0.4) is 0 Å². The molecule has 0 aromatic rings. The van der Waals surface area contributed by atoms with Crippen LogP contribution < -0.4 is 10.6 Å². The lowest BCUT2D eigenvalue weighted by Gasteiger charge is -2.24. The second kappa shape index (κ2) is 5.64. The van der Waals surface area contributed by atoms with Crippen molar-refractivity contribution >= 4 is 5.91 Å². The molecule has 94 valence electrons. The molecule has 4 heteroatoms. The fraction of sp³-hybridized carbons (Fsp3) is 0.917. The smallest absolute Gasteiger partial charge is 0.239 e. The summed E-state index contributed by atoms with van der Waals surface area (Å²) in [6, 6.07) is 0.777. The average molecular weight is 227 g/mol. The molecule has 0 aliphatic heterocycles. The maximum Gasteiger partial charge on any atom is 0.239 e. The molecule has 0 spiro atoms. The lowest BCUT2D eigenvalue weighted by atomic mass is 10.1. The first-order valence-electron chi connectivity index (χ1n) is 6.22. The Morgan fingerprint density at radius 2 is 2.06 bits per heavy atom. The molecule has 0 radical (unpaired) electrons. The maximum absolute atomic E-state index is 11.8. The van der Waals surface area contributed by atoms with Crippen LogP contribution in [0.2, 0.25) is 0 Å². The Hall–Kier alpha value is -0.610. The number of carbonyl (C=O) groups excluding carboxylic acids is 1. The molecule has 1 rings (SSSR count). The number of hydrogen-bond acceptors (Lipinski definition) is 3. The van der Waals surface area contributed by atoms with Crippen molar-refractivity contribution in [1.29, 1.82) is 0 Å². The number of hydrogen-bond donors (Lipinski definition) is 2. The van der Waals surface area contributed by atoms with Gasteiger partial charge < -0.3 is 10.6 Å². The largest absolute Gasteiger partial charge is 0.353 e. The summed E-state index contributed by atoms with van der Waals surface area (Å²) >= 11 is 0. The zero-order valence-corrected chi connectivity index (χ0v) is 11.0. The van der Waals surface area contributed by atoms with Crippen molar-refractivity contribution in [1.82, 2.24) is 15.5 Å². The van der Waals surface area contributed by atoms with Gasteiger partial charge in [-0.3, -0.25) is 9.69 Å². The van der Waals surface area contributed by atoms with Gasteiger partial charge in [0.05, 0.1) is 5.54 Å². The van der Waals surface area contributed by atoms with Crippen molar-refractivity contribution in [2.75, 3.05) is 26.7 Å². The monoisotopic (exact) mass is 227 g/mol. The molecular formula is C12H25N3O. The van der Waals surface area contributed by atoms with E-state index in [1.165, 1.54) is 12.8 Å². The molecule has 0 aromatic heterocycles. The number of nitrogens with zero attached hydrogens (tertiary/aromatic N) is 1. The molecule has 1 amide bonds. The Labute approximate surface area is 98.8 Å². The molecule has 2 N–H and O–H groups in total. The van der Waals surface area contributed by atoms with Gasteiger partial charge >= 0.3 is 0 Å². The van der Waals surface area contributed by atoms with Gasteiger partial charge in [-0.15, -0.1) is 0 Å². The van der Waals surface area contributed by atoms with Crippen LogP contribution in [0.1, 0.15) is 33.6 Å². The first-order chi connectivity index (χ1) is 7.51. The second-order valence-electron chi connectivity index (χ2n) is 4.99. The summed E-state index contributed by atoms with van der Waals surface area (Å²) in [6.07, 6.45) is 2.65. The summed E-state index contributed by atoms with van der Waals surface area (Å²) in [6.45, 7) is 8.75. The SMILES string of the molecule is CCN(CCNC(=O)C(C)(C)NC)C1CC1. The predicted octanol–water partition coefficient (Wildman–Crippen LogP) is 0.585. The molecule has 1 fully saturated rings. The van der Waals surface area contributed by atoms with Crippen LogP contribution in [-0.2, 0) is 4.79 Å². The minimum Gasteiger partial charge on any atom is -0.353 e. The third-order valence-electron chi connectivity index (χ3n) is 3.35. The molecule has 4 nitrogen and oxygen atoms in total. The standard InChI is InChI=1S/C12H25N3O/c1-5-15(10-6-7-10)9-8-14-11(16)12(2,3)13-4/h10,13H,5-9H2,1-4H3,(H,14,16). The normalized spacial score (nSPS) is 16.6. The van der Waals surface area contributed by atoms with E-state index in [2.05, 4.69) is 22.5 Å². The Morgan fingerprint density at radius 3 is 2.50 bits per heavy atom. The van der Waals surface area contributed by atoms with Crippen molar-refractivity contribution in [3.8, 4) is 0 Å². The molecule has 1 saturated carbocycles. The zero-order chi connectivity index (χ0) is 12.2. The van der Waals surface area contributed by atoms with Crippen LogP contribution in [0.4, 0.5) is 0 Å². The number of rotatable bonds is 7. The topological polar surface area (TPSA) is 44.4 Å². The molecule has 0 bridgehead atoms. The van der Waals surface area contributed by atoms with E-state index in [9.17, 15) is 4.79 Å². The summed E-state index contributed by atoms with van der Waals surface area (Å²) in [5.41, 5.74) is -0.476. The molecule has 0 aromatic carbocycles. The Balaban J connectivity index is 2.21. The molecule has 16 heavy (non-hydrogen) atoms. The second-order valence-corrected chi connectivity index (χ2v) is 4.99. The van der Waals surface area contributed by atoms with Gasteiger partial charge in [0.15, 0.2) is 0 Å². The number of amides is 1. The van der Waals surface area contributed by atoms with Gasteiger partial charge in [0.2, 0.25) is 5.91 Å². The zero-order valence-electron chi connectivity index (χ0n) is 11.0. The molecule has 0 unspecified atom stereocenters. The van der Waals surface area contributed by atoms with Crippen LogP contribution in [0, 0.1) is 0 Å².